The molecule has 0 saturated carbocycles. The van der Waals surface area contributed by atoms with E-state index in [1.165, 1.54) is 0 Å². The molecule has 1 amide bonds. The lowest BCUT2D eigenvalue weighted by Crippen LogP contribution is -2.29. The fourth-order valence-electron chi connectivity index (χ4n) is 2.19. The number of hydrazine groups is 1. The Morgan fingerprint density at radius 2 is 1.92 bits per heavy atom. The van der Waals surface area contributed by atoms with Crippen molar-refractivity contribution in [1.29, 1.82) is 0 Å². The molecule has 7 heteroatoms. The van der Waals surface area contributed by atoms with Crippen LogP contribution in [0.25, 0.3) is 0 Å². The smallest absolute Gasteiger partial charge is 0.269 e. The third kappa shape index (κ3) is 5.71. The molecular weight excluding hydrogens is 375 g/mol. The summed E-state index contributed by atoms with van der Waals surface area (Å²) in [5.41, 5.74) is 6.45. The maximum Gasteiger partial charge on any atom is 0.269 e. The van der Waals surface area contributed by atoms with Gasteiger partial charge in [-0.2, -0.15) is 0 Å². The average Bonchev–Trinajstić information content (AvgIpc) is 2.62. The Kier molecular flexibility index (Phi) is 7.88. The maximum absolute atomic E-state index is 12.4. The first-order valence-electron chi connectivity index (χ1n) is 8.46. The summed E-state index contributed by atoms with van der Waals surface area (Å²) in [4.78, 5) is 12.4. The molecule has 0 aliphatic carbocycles. The van der Waals surface area contributed by atoms with Crippen LogP contribution in [0.3, 0.4) is 0 Å². The van der Waals surface area contributed by atoms with Gasteiger partial charge < -0.3 is 9.47 Å². The van der Waals surface area contributed by atoms with Crippen LogP contribution in [0.15, 0.2) is 36.4 Å². The molecule has 140 valence electrons. The van der Waals surface area contributed by atoms with Gasteiger partial charge in [0.2, 0.25) is 0 Å². The van der Waals surface area contributed by atoms with Crippen LogP contribution in [-0.4, -0.2) is 19.1 Å². The fraction of sp³-hybridized carbons (Fsp3) is 0.316. The van der Waals surface area contributed by atoms with Gasteiger partial charge in [-0.15, -0.1) is 0 Å². The van der Waals surface area contributed by atoms with E-state index in [0.29, 0.717) is 46.0 Å². The molecule has 0 radical (unpaired) electrons. The maximum atomic E-state index is 12.4. The van der Waals surface area contributed by atoms with E-state index in [1.54, 1.807) is 36.4 Å². The van der Waals surface area contributed by atoms with Crippen molar-refractivity contribution < 1.29 is 14.3 Å². The van der Waals surface area contributed by atoms with E-state index in [-0.39, 0.29) is 5.91 Å². The average molecular weight is 397 g/mol. The summed E-state index contributed by atoms with van der Waals surface area (Å²) in [7, 11) is 0. The standard InChI is InChI=1S/C19H22Cl2N2O3/c1-3-5-9-26-18-16(21)10-13(11-17(18)25-4-2)19(24)23-22-15-8-6-7-14(20)12-15/h6-8,10-12,22H,3-5,9H2,1-2H3,(H,23,24). The van der Waals surface area contributed by atoms with E-state index in [9.17, 15) is 4.79 Å². The van der Waals surface area contributed by atoms with Gasteiger partial charge in [-0.05, 0) is 43.7 Å². The summed E-state index contributed by atoms with van der Waals surface area (Å²) in [6.45, 7) is 4.91. The number of rotatable bonds is 9. The fourth-order valence-corrected chi connectivity index (χ4v) is 2.64. The first-order chi connectivity index (χ1) is 12.5. The molecule has 0 saturated heterocycles. The zero-order valence-corrected chi connectivity index (χ0v) is 16.3. The summed E-state index contributed by atoms with van der Waals surface area (Å²) in [6, 6.07) is 10.2. The van der Waals surface area contributed by atoms with Crippen LogP contribution in [-0.2, 0) is 0 Å². The molecule has 2 N–H and O–H groups in total. The summed E-state index contributed by atoms with van der Waals surface area (Å²) >= 11 is 12.2. The first-order valence-corrected chi connectivity index (χ1v) is 9.21. The Morgan fingerprint density at radius 1 is 1.12 bits per heavy atom. The van der Waals surface area contributed by atoms with Gasteiger partial charge in [0.25, 0.3) is 5.91 Å². The number of amides is 1. The summed E-state index contributed by atoms with van der Waals surface area (Å²) in [6.07, 6.45) is 1.92. The molecule has 5 nitrogen and oxygen atoms in total. The van der Waals surface area contributed by atoms with Crippen LogP contribution in [0.4, 0.5) is 5.69 Å². The zero-order chi connectivity index (χ0) is 18.9. The molecule has 0 spiro atoms. The van der Waals surface area contributed by atoms with E-state index in [0.717, 1.165) is 12.8 Å². The molecule has 0 heterocycles. The number of hydrogen-bond acceptors (Lipinski definition) is 4. The van der Waals surface area contributed by atoms with Crippen LogP contribution >= 0.6 is 23.2 Å². The molecule has 0 aromatic heterocycles. The predicted octanol–water partition coefficient (Wildman–Crippen LogP) is 5.33. The SMILES string of the molecule is CCCCOc1c(Cl)cc(C(=O)NNc2cccc(Cl)c2)cc1OCC. The van der Waals surface area contributed by atoms with Crippen molar-refractivity contribution in [1.82, 2.24) is 5.43 Å². The number of halogens is 2. The Morgan fingerprint density at radius 3 is 2.62 bits per heavy atom. The van der Waals surface area contributed by atoms with Crippen molar-refractivity contribution in [2.45, 2.75) is 26.7 Å². The van der Waals surface area contributed by atoms with E-state index in [1.807, 2.05) is 6.92 Å². The van der Waals surface area contributed by atoms with E-state index in [4.69, 9.17) is 32.7 Å². The van der Waals surface area contributed by atoms with Crippen molar-refractivity contribution in [3.05, 3.63) is 52.0 Å². The van der Waals surface area contributed by atoms with Crippen LogP contribution in [0, 0.1) is 0 Å². The number of benzene rings is 2. The minimum atomic E-state index is -0.354. The second kappa shape index (κ2) is 10.1. The largest absolute Gasteiger partial charge is 0.490 e. The predicted molar refractivity (Wildman–Crippen MR) is 106 cm³/mol. The molecule has 2 aromatic rings. The highest BCUT2D eigenvalue weighted by atomic mass is 35.5. The Hall–Kier alpha value is -2.11. The lowest BCUT2D eigenvalue weighted by atomic mass is 10.2. The quantitative estimate of drug-likeness (QED) is 0.444. The Balaban J connectivity index is 2.13. The third-order valence-electron chi connectivity index (χ3n) is 3.46. The highest BCUT2D eigenvalue weighted by Gasteiger charge is 2.16. The third-order valence-corrected chi connectivity index (χ3v) is 3.98. The zero-order valence-electron chi connectivity index (χ0n) is 14.8. The summed E-state index contributed by atoms with van der Waals surface area (Å²) in [5.74, 6) is 0.554. The van der Waals surface area contributed by atoms with E-state index >= 15 is 0 Å². The molecule has 0 aliphatic heterocycles. The minimum Gasteiger partial charge on any atom is -0.490 e. The lowest BCUT2D eigenvalue weighted by molar-refractivity contribution is 0.0962. The highest BCUT2D eigenvalue weighted by Crippen LogP contribution is 2.37. The van der Waals surface area contributed by atoms with Gasteiger partial charge >= 0.3 is 0 Å². The van der Waals surface area contributed by atoms with Gasteiger partial charge in [0.15, 0.2) is 11.5 Å². The van der Waals surface area contributed by atoms with Crippen LogP contribution in [0.1, 0.15) is 37.0 Å². The molecule has 0 atom stereocenters. The molecule has 26 heavy (non-hydrogen) atoms. The number of carbonyl (C=O) groups is 1. The normalized spacial score (nSPS) is 10.3. The molecular formula is C19H22Cl2N2O3. The molecule has 2 rings (SSSR count). The van der Waals surface area contributed by atoms with Crippen molar-refractivity contribution in [3.8, 4) is 11.5 Å². The number of carbonyl (C=O) groups excluding carboxylic acids is 1. The van der Waals surface area contributed by atoms with Gasteiger partial charge in [-0.1, -0.05) is 42.6 Å². The summed E-state index contributed by atoms with van der Waals surface area (Å²) in [5, 5.41) is 0.902. The van der Waals surface area contributed by atoms with Crippen LogP contribution in [0.2, 0.25) is 10.0 Å². The van der Waals surface area contributed by atoms with Crippen molar-refractivity contribution in [2.75, 3.05) is 18.6 Å². The van der Waals surface area contributed by atoms with Crippen LogP contribution in [0.5, 0.6) is 11.5 Å². The number of hydrogen-bond donors (Lipinski definition) is 2. The second-order valence-electron chi connectivity index (χ2n) is 5.51. The van der Waals surface area contributed by atoms with Crippen molar-refractivity contribution in [2.24, 2.45) is 0 Å². The molecule has 0 bridgehead atoms. The van der Waals surface area contributed by atoms with Gasteiger partial charge in [0, 0.05) is 10.6 Å². The Labute approximate surface area is 163 Å². The van der Waals surface area contributed by atoms with Gasteiger partial charge in [-0.25, -0.2) is 0 Å². The molecule has 0 fully saturated rings. The minimum absolute atomic E-state index is 0.333. The van der Waals surface area contributed by atoms with E-state index in [2.05, 4.69) is 17.8 Å². The monoisotopic (exact) mass is 396 g/mol. The molecule has 0 unspecified atom stereocenters. The van der Waals surface area contributed by atoms with Crippen molar-refractivity contribution >= 4 is 34.8 Å². The van der Waals surface area contributed by atoms with Crippen molar-refractivity contribution in [3.63, 3.8) is 0 Å². The second-order valence-corrected chi connectivity index (χ2v) is 6.35. The lowest BCUT2D eigenvalue weighted by Gasteiger charge is -2.15. The van der Waals surface area contributed by atoms with Crippen LogP contribution < -0.4 is 20.3 Å². The number of unbranched alkanes of at least 4 members (excludes halogenated alkanes) is 1. The summed E-state index contributed by atoms with van der Waals surface area (Å²) < 4.78 is 11.3. The molecule has 2 aromatic carbocycles. The number of nitrogens with one attached hydrogen (secondary N) is 2. The topological polar surface area (TPSA) is 59.6 Å². The first kappa shape index (κ1) is 20.2. The number of anilines is 1. The van der Waals surface area contributed by atoms with Gasteiger partial charge in [0.1, 0.15) is 0 Å². The Bertz CT molecular complexity index is 754. The molecule has 0 aliphatic rings. The number of ether oxygens (including phenoxy) is 2. The van der Waals surface area contributed by atoms with E-state index < -0.39 is 0 Å². The highest BCUT2D eigenvalue weighted by molar-refractivity contribution is 6.32. The van der Waals surface area contributed by atoms with Gasteiger partial charge in [-0.3, -0.25) is 15.6 Å². The van der Waals surface area contributed by atoms with Gasteiger partial charge in [0.05, 0.1) is 23.9 Å².